The number of rotatable bonds is 7. The zero-order chi connectivity index (χ0) is 33.7. The minimum atomic E-state index is -0.413. The number of amides is 3. The number of benzene rings is 2. The summed E-state index contributed by atoms with van der Waals surface area (Å²) in [6.45, 7) is 13.3. The van der Waals surface area contributed by atoms with Crippen LogP contribution in [0.15, 0.2) is 72.9 Å². The van der Waals surface area contributed by atoms with Crippen LogP contribution in [0.3, 0.4) is 0 Å². The first kappa shape index (κ1) is 32.2. The Morgan fingerprint density at radius 1 is 1.02 bits per heavy atom. The smallest absolute Gasteiger partial charge is 0.272 e. The van der Waals surface area contributed by atoms with Crippen LogP contribution < -0.4 is 5.32 Å². The summed E-state index contributed by atoms with van der Waals surface area (Å²) in [5, 5.41) is 3.70. The Labute approximate surface area is 275 Å². The highest BCUT2D eigenvalue weighted by molar-refractivity contribution is 6.00. The van der Waals surface area contributed by atoms with Gasteiger partial charge in [-0.3, -0.25) is 24.2 Å². The Kier molecular flexibility index (Phi) is 8.28. The minimum Gasteiger partial charge on any atom is -0.351 e. The molecule has 4 aromatic rings. The van der Waals surface area contributed by atoms with Gasteiger partial charge in [-0.2, -0.15) is 0 Å². The number of hydrogen-bond acceptors (Lipinski definition) is 5. The Hall–Kier alpha value is -4.79. The summed E-state index contributed by atoms with van der Waals surface area (Å²) in [7, 11) is 0. The van der Waals surface area contributed by atoms with Crippen LogP contribution in [0, 0.1) is 17.3 Å². The number of aromatic nitrogens is 2. The van der Waals surface area contributed by atoms with Gasteiger partial charge in [0, 0.05) is 46.7 Å². The van der Waals surface area contributed by atoms with E-state index in [1.165, 1.54) is 13.3 Å². The van der Waals surface area contributed by atoms with Crippen molar-refractivity contribution in [2.45, 2.75) is 59.5 Å². The maximum atomic E-state index is 13.6. The summed E-state index contributed by atoms with van der Waals surface area (Å²) < 4.78 is 0. The molecule has 2 aliphatic heterocycles. The van der Waals surface area contributed by atoms with Gasteiger partial charge in [0.05, 0.1) is 18.1 Å². The van der Waals surface area contributed by atoms with Crippen molar-refractivity contribution in [3.8, 4) is 11.1 Å². The first-order valence-electron chi connectivity index (χ1n) is 16.5. The van der Waals surface area contributed by atoms with E-state index in [0.717, 1.165) is 27.9 Å². The van der Waals surface area contributed by atoms with Crippen molar-refractivity contribution in [2.75, 3.05) is 19.6 Å². The quantitative estimate of drug-likeness (QED) is 0.243. The van der Waals surface area contributed by atoms with Crippen LogP contribution in [-0.2, 0) is 4.79 Å². The molecule has 3 unspecified atom stereocenters. The van der Waals surface area contributed by atoms with Gasteiger partial charge in [0.25, 0.3) is 11.8 Å². The second kappa shape index (κ2) is 12.1. The Morgan fingerprint density at radius 3 is 2.32 bits per heavy atom. The average Bonchev–Trinajstić information content (AvgIpc) is 3.31. The molecule has 3 amide bonds. The van der Waals surface area contributed by atoms with Crippen molar-refractivity contribution in [3.05, 3.63) is 89.9 Å². The molecule has 9 nitrogen and oxygen atoms in total. The second-order valence-electron chi connectivity index (χ2n) is 13.7. The summed E-state index contributed by atoms with van der Waals surface area (Å²) >= 11 is 0. The molecular formula is C38H43N5O4. The number of pyridine rings is 1. The van der Waals surface area contributed by atoms with E-state index in [-0.39, 0.29) is 47.4 Å². The number of nitrogens with zero attached hydrogens (tertiary/aromatic N) is 3. The van der Waals surface area contributed by atoms with E-state index in [1.807, 2.05) is 52.3 Å². The lowest BCUT2D eigenvalue weighted by atomic mass is 9.88. The number of carbonyl (C=O) groups excluding carboxylic acids is 4. The van der Waals surface area contributed by atoms with E-state index < -0.39 is 5.54 Å². The molecule has 2 saturated heterocycles. The molecule has 1 aliphatic carbocycles. The number of aromatic amines is 1. The number of para-hydroxylation sites is 1. The molecule has 4 heterocycles. The van der Waals surface area contributed by atoms with E-state index in [1.54, 1.807) is 30.5 Å². The molecule has 2 N–H and O–H groups in total. The maximum Gasteiger partial charge on any atom is 0.272 e. The van der Waals surface area contributed by atoms with Gasteiger partial charge < -0.3 is 20.1 Å². The molecular weight excluding hydrogens is 590 g/mol. The lowest BCUT2D eigenvalue weighted by Gasteiger charge is -2.51. The summed E-state index contributed by atoms with van der Waals surface area (Å²) in [6.07, 6.45) is 2.99. The molecule has 0 radical (unpaired) electrons. The zero-order valence-corrected chi connectivity index (χ0v) is 28.0. The van der Waals surface area contributed by atoms with Gasteiger partial charge >= 0.3 is 0 Å². The molecule has 244 valence electrons. The summed E-state index contributed by atoms with van der Waals surface area (Å²) in [6, 6.07) is 20.2. The van der Waals surface area contributed by atoms with E-state index in [9.17, 15) is 19.2 Å². The molecule has 3 aliphatic rings. The molecule has 47 heavy (non-hydrogen) atoms. The van der Waals surface area contributed by atoms with Gasteiger partial charge in [-0.25, -0.2) is 0 Å². The maximum absolute atomic E-state index is 13.6. The van der Waals surface area contributed by atoms with Crippen LogP contribution in [0.4, 0.5) is 0 Å². The molecule has 2 aromatic carbocycles. The van der Waals surface area contributed by atoms with Crippen molar-refractivity contribution in [1.82, 2.24) is 25.1 Å². The van der Waals surface area contributed by atoms with E-state index in [2.05, 4.69) is 49.9 Å². The highest BCUT2D eigenvalue weighted by Crippen LogP contribution is 2.75. The SMILES string of the molecule is CC(=O)c1ccc(-c2ccc(C(=O)N3CC4(C)[C@H](C)C45C3CN5C(=O)CNC(=O)c3cc4ccccc4[nH]3)nc2)cc1.CCC(C)C. The number of carbonyl (C=O) groups is 4. The highest BCUT2D eigenvalue weighted by atomic mass is 16.2. The molecule has 3 fully saturated rings. The van der Waals surface area contributed by atoms with Crippen molar-refractivity contribution >= 4 is 34.4 Å². The van der Waals surface area contributed by atoms with Crippen LogP contribution >= 0.6 is 0 Å². The fourth-order valence-electron chi connectivity index (χ4n) is 7.53. The molecule has 0 bridgehead atoms. The lowest BCUT2D eigenvalue weighted by Crippen LogP contribution is -2.70. The first-order valence-corrected chi connectivity index (χ1v) is 16.5. The summed E-state index contributed by atoms with van der Waals surface area (Å²) in [5.41, 5.74) is 3.44. The number of H-pyrrole nitrogens is 1. The fourth-order valence-corrected chi connectivity index (χ4v) is 7.53. The van der Waals surface area contributed by atoms with Crippen LogP contribution in [0.2, 0.25) is 0 Å². The number of hydrogen-bond donors (Lipinski definition) is 2. The van der Waals surface area contributed by atoms with Gasteiger partial charge in [-0.1, -0.05) is 89.6 Å². The predicted molar refractivity (Wildman–Crippen MR) is 182 cm³/mol. The third-order valence-electron chi connectivity index (χ3n) is 10.8. The zero-order valence-electron chi connectivity index (χ0n) is 28.0. The van der Waals surface area contributed by atoms with E-state index in [0.29, 0.717) is 30.0 Å². The van der Waals surface area contributed by atoms with Crippen molar-refractivity contribution < 1.29 is 19.2 Å². The molecule has 9 heteroatoms. The largest absolute Gasteiger partial charge is 0.351 e. The number of likely N-dealkylation sites (tertiary alicyclic amines) is 2. The Balaban J connectivity index is 0.000000720. The molecule has 1 saturated carbocycles. The van der Waals surface area contributed by atoms with Crippen LogP contribution in [0.1, 0.15) is 79.3 Å². The monoisotopic (exact) mass is 633 g/mol. The van der Waals surface area contributed by atoms with Gasteiger partial charge in [0.15, 0.2) is 5.78 Å². The van der Waals surface area contributed by atoms with Gasteiger partial charge in [0.1, 0.15) is 11.4 Å². The standard InChI is InChI=1S/C33H31N5O4.C5H12/c1-19(39)21-8-10-22(11-9-21)24-12-13-26(34-15-24)31(42)37-18-32(3)20(2)33(32)28(37)17-38(33)29(40)16-35-30(41)27-14-23-6-4-5-7-25(23)36-27;1-4-5(2)3/h4-15,20,28,36H,16-18H2,1-3H3,(H,35,41);5H,4H2,1-3H3/t20-,28?,32?,33?;/m0./s1. The number of fused-ring (bicyclic) bond motifs is 1. The summed E-state index contributed by atoms with van der Waals surface area (Å²) in [5.74, 6) is 0.533. The Morgan fingerprint density at radius 2 is 1.70 bits per heavy atom. The normalized spacial score (nSPS) is 23.7. The van der Waals surface area contributed by atoms with E-state index in [4.69, 9.17) is 0 Å². The van der Waals surface area contributed by atoms with Gasteiger partial charge in [-0.05, 0) is 42.5 Å². The topological polar surface area (TPSA) is 115 Å². The molecule has 2 aromatic heterocycles. The number of piperidine rings is 1. The first-order chi connectivity index (χ1) is 22.4. The lowest BCUT2D eigenvalue weighted by molar-refractivity contribution is -0.145. The predicted octanol–water partition coefficient (Wildman–Crippen LogP) is 5.98. The van der Waals surface area contributed by atoms with Gasteiger partial charge in [0.2, 0.25) is 5.91 Å². The van der Waals surface area contributed by atoms with Crippen molar-refractivity contribution in [2.24, 2.45) is 17.3 Å². The molecule has 4 atom stereocenters. The average molecular weight is 634 g/mol. The van der Waals surface area contributed by atoms with Crippen LogP contribution in [0.5, 0.6) is 0 Å². The highest BCUT2D eigenvalue weighted by Gasteiger charge is 2.87. The molecule has 1 spiro atoms. The second-order valence-corrected chi connectivity index (χ2v) is 13.7. The van der Waals surface area contributed by atoms with Crippen LogP contribution in [0.25, 0.3) is 22.0 Å². The van der Waals surface area contributed by atoms with E-state index >= 15 is 0 Å². The number of Topliss-reactive ketones (excluding diaryl/α,β-unsaturated/α-hetero) is 1. The van der Waals surface area contributed by atoms with Crippen molar-refractivity contribution in [1.29, 1.82) is 0 Å². The molecule has 7 rings (SSSR count). The fraction of sp³-hybridized carbons (Fsp3) is 0.395. The summed E-state index contributed by atoms with van der Waals surface area (Å²) in [4.78, 5) is 62.6. The number of nitrogens with one attached hydrogen (secondary N) is 2. The minimum absolute atomic E-state index is 0.0106. The van der Waals surface area contributed by atoms with Crippen LogP contribution in [-0.4, -0.2) is 74.5 Å². The van der Waals surface area contributed by atoms with Gasteiger partial charge in [-0.15, -0.1) is 0 Å². The third kappa shape index (κ3) is 5.31. The number of ketones is 1. The van der Waals surface area contributed by atoms with Crippen molar-refractivity contribution in [3.63, 3.8) is 0 Å². The third-order valence-corrected chi connectivity index (χ3v) is 10.8. The Bertz CT molecular complexity index is 1810.